The summed E-state index contributed by atoms with van der Waals surface area (Å²) in [4.78, 5) is 24.7. The average molecular weight is 565 g/mol. The summed E-state index contributed by atoms with van der Waals surface area (Å²) >= 11 is 0. The third kappa shape index (κ3) is 7.00. The number of rotatable bonds is 11. The van der Waals surface area contributed by atoms with Gasteiger partial charge < -0.3 is 14.2 Å². The van der Waals surface area contributed by atoms with Gasteiger partial charge in [-0.15, -0.1) is 0 Å². The number of benzene rings is 3. The first-order valence-electron chi connectivity index (χ1n) is 12.2. The summed E-state index contributed by atoms with van der Waals surface area (Å²) in [5.41, 5.74) is 3.75. The van der Waals surface area contributed by atoms with E-state index >= 15 is 0 Å². The molecule has 1 atom stereocenters. The minimum Gasteiger partial charge on any atom is -0.467 e. The highest BCUT2D eigenvalue weighted by Gasteiger charge is 2.20. The van der Waals surface area contributed by atoms with E-state index in [2.05, 4.69) is 5.10 Å². The van der Waals surface area contributed by atoms with Crippen molar-refractivity contribution in [3.05, 3.63) is 117 Å². The molecule has 0 bridgehead atoms. The Morgan fingerprint density at radius 1 is 0.950 bits per heavy atom. The van der Waals surface area contributed by atoms with Crippen LogP contribution in [0.1, 0.15) is 38.7 Å². The SMILES string of the molecule is COCOc1ccc(C(O[SH](=O)=O)c2ccc(C)cc2)cc1-c1ccc(=O)n(Cc2cccc(C(=O)OC)c2)n1. The third-order valence-corrected chi connectivity index (χ3v) is 6.42. The van der Waals surface area contributed by atoms with Crippen molar-refractivity contribution >= 4 is 17.0 Å². The molecule has 11 heteroatoms. The molecule has 0 aliphatic carbocycles. The molecule has 0 aliphatic heterocycles. The molecule has 0 saturated carbocycles. The Kier molecular flexibility index (Phi) is 9.43. The Morgan fingerprint density at radius 3 is 2.40 bits per heavy atom. The summed E-state index contributed by atoms with van der Waals surface area (Å²) in [6.45, 7) is 1.98. The van der Waals surface area contributed by atoms with E-state index in [-0.39, 0.29) is 18.9 Å². The van der Waals surface area contributed by atoms with Crippen LogP contribution in [0.4, 0.5) is 0 Å². The Bertz CT molecular complexity index is 1620. The predicted molar refractivity (Wildman–Crippen MR) is 148 cm³/mol. The molecule has 4 aromatic rings. The second-order valence-corrected chi connectivity index (χ2v) is 9.49. The first kappa shape index (κ1) is 28.7. The van der Waals surface area contributed by atoms with Crippen molar-refractivity contribution in [2.45, 2.75) is 19.6 Å². The topological polar surface area (TPSA) is 123 Å². The lowest BCUT2D eigenvalue weighted by molar-refractivity contribution is 0.0514. The van der Waals surface area contributed by atoms with Crippen LogP contribution in [-0.4, -0.2) is 45.2 Å². The number of aromatic nitrogens is 2. The molecule has 1 aromatic heterocycles. The molecule has 0 fully saturated rings. The number of nitrogens with zero attached hydrogens (tertiary/aromatic N) is 2. The fraction of sp³-hybridized carbons (Fsp3) is 0.207. The van der Waals surface area contributed by atoms with Gasteiger partial charge in [-0.05, 0) is 53.9 Å². The summed E-state index contributed by atoms with van der Waals surface area (Å²) < 4.78 is 45.4. The highest BCUT2D eigenvalue weighted by molar-refractivity contribution is 7.67. The van der Waals surface area contributed by atoms with Gasteiger partial charge in [0.1, 0.15) is 11.9 Å². The second-order valence-electron chi connectivity index (χ2n) is 8.83. The summed E-state index contributed by atoms with van der Waals surface area (Å²) in [5.74, 6) is -0.0806. The van der Waals surface area contributed by atoms with Crippen molar-refractivity contribution in [2.24, 2.45) is 0 Å². The van der Waals surface area contributed by atoms with Crippen molar-refractivity contribution in [3.63, 3.8) is 0 Å². The minimum absolute atomic E-state index is 0.0450. The lowest BCUT2D eigenvalue weighted by Gasteiger charge is -2.18. The fourth-order valence-electron chi connectivity index (χ4n) is 4.09. The molecule has 1 heterocycles. The molecule has 208 valence electrons. The molecule has 0 N–H and O–H groups in total. The van der Waals surface area contributed by atoms with Gasteiger partial charge in [0.2, 0.25) is 0 Å². The van der Waals surface area contributed by atoms with E-state index in [4.69, 9.17) is 18.4 Å². The Morgan fingerprint density at radius 2 is 1.70 bits per heavy atom. The van der Waals surface area contributed by atoms with Crippen molar-refractivity contribution in [1.82, 2.24) is 9.78 Å². The summed E-state index contributed by atoms with van der Waals surface area (Å²) in [6.07, 6.45) is -0.913. The van der Waals surface area contributed by atoms with Gasteiger partial charge in [-0.2, -0.15) is 5.10 Å². The number of thiol groups is 1. The van der Waals surface area contributed by atoms with E-state index in [9.17, 15) is 18.0 Å². The number of carbonyl (C=O) groups excluding carboxylic acids is 1. The number of methoxy groups -OCH3 is 2. The van der Waals surface area contributed by atoms with Crippen LogP contribution >= 0.6 is 0 Å². The first-order chi connectivity index (χ1) is 19.3. The van der Waals surface area contributed by atoms with E-state index in [1.54, 1.807) is 60.7 Å². The molecule has 0 amide bonds. The molecule has 0 aliphatic rings. The maximum atomic E-state index is 12.7. The monoisotopic (exact) mass is 564 g/mol. The molecular weight excluding hydrogens is 536 g/mol. The van der Waals surface area contributed by atoms with Gasteiger partial charge >= 0.3 is 5.97 Å². The number of hydrogen-bond acceptors (Lipinski definition) is 9. The van der Waals surface area contributed by atoms with Crippen LogP contribution < -0.4 is 10.3 Å². The molecule has 10 nitrogen and oxygen atoms in total. The number of carbonyl (C=O) groups is 1. The van der Waals surface area contributed by atoms with E-state index < -0.39 is 23.1 Å². The zero-order valence-electron chi connectivity index (χ0n) is 22.1. The zero-order chi connectivity index (χ0) is 28.6. The number of aryl methyl sites for hydroxylation is 1. The van der Waals surface area contributed by atoms with Crippen LogP contribution in [0, 0.1) is 6.92 Å². The van der Waals surface area contributed by atoms with Crippen LogP contribution in [0.3, 0.4) is 0 Å². The van der Waals surface area contributed by atoms with Gasteiger partial charge in [0.05, 0.1) is 24.9 Å². The molecule has 3 aromatic carbocycles. The number of hydrogen-bond donors (Lipinski definition) is 1. The lowest BCUT2D eigenvalue weighted by Crippen LogP contribution is -2.23. The van der Waals surface area contributed by atoms with Crippen molar-refractivity contribution in [2.75, 3.05) is 21.0 Å². The van der Waals surface area contributed by atoms with Gasteiger partial charge in [0.15, 0.2) is 6.79 Å². The summed E-state index contributed by atoms with van der Waals surface area (Å²) in [6, 6.07) is 22.1. The van der Waals surface area contributed by atoms with Crippen molar-refractivity contribution in [1.29, 1.82) is 0 Å². The Hall–Kier alpha value is -4.32. The van der Waals surface area contributed by atoms with Gasteiger partial charge in [-0.1, -0.05) is 48.0 Å². The number of esters is 1. The standard InChI is InChI=1S/C29H28N2O8S/c1-19-7-9-21(10-8-19)28(39-40(34)35)22-11-13-26(38-18-36-2)24(16-22)25-12-14-27(32)31(30-25)17-20-5-4-6-23(15-20)29(33)37-3/h4-16,28,40H,17-18H2,1-3H3. The molecule has 0 radical (unpaired) electrons. The highest BCUT2D eigenvalue weighted by atomic mass is 32.2. The van der Waals surface area contributed by atoms with E-state index in [1.165, 1.54) is 25.0 Å². The van der Waals surface area contributed by atoms with E-state index in [0.717, 1.165) is 5.56 Å². The van der Waals surface area contributed by atoms with Crippen LogP contribution in [-0.2, 0) is 31.2 Å². The van der Waals surface area contributed by atoms with Gasteiger partial charge in [-0.3, -0.25) is 8.98 Å². The van der Waals surface area contributed by atoms with Gasteiger partial charge in [-0.25, -0.2) is 17.9 Å². The maximum absolute atomic E-state index is 12.7. The van der Waals surface area contributed by atoms with Crippen molar-refractivity contribution in [3.8, 4) is 17.0 Å². The smallest absolute Gasteiger partial charge is 0.337 e. The molecule has 0 saturated heterocycles. The largest absolute Gasteiger partial charge is 0.467 e. The van der Waals surface area contributed by atoms with Gasteiger partial charge in [0.25, 0.3) is 16.5 Å². The minimum atomic E-state index is -3.17. The highest BCUT2D eigenvalue weighted by Crippen LogP contribution is 2.35. The third-order valence-electron chi connectivity index (χ3n) is 6.03. The fourth-order valence-corrected chi connectivity index (χ4v) is 4.51. The maximum Gasteiger partial charge on any atom is 0.337 e. The van der Waals surface area contributed by atoms with Gasteiger partial charge in [0, 0.05) is 18.7 Å². The molecule has 40 heavy (non-hydrogen) atoms. The molecule has 0 spiro atoms. The van der Waals surface area contributed by atoms with E-state index in [1.807, 2.05) is 19.1 Å². The number of ether oxygens (including phenoxy) is 3. The lowest BCUT2D eigenvalue weighted by atomic mass is 9.97. The average Bonchev–Trinajstić information content (AvgIpc) is 2.96. The van der Waals surface area contributed by atoms with Crippen molar-refractivity contribution < 1.29 is 31.6 Å². The summed E-state index contributed by atoms with van der Waals surface area (Å²) in [5, 5.41) is 4.55. The normalized spacial score (nSPS) is 11.8. The first-order valence-corrected chi connectivity index (χ1v) is 13.3. The predicted octanol–water partition coefficient (Wildman–Crippen LogP) is 3.67. The Labute approximate surface area is 232 Å². The second kappa shape index (κ2) is 13.2. The molecule has 1 unspecified atom stereocenters. The Balaban J connectivity index is 1.78. The van der Waals surface area contributed by atoms with Crippen LogP contribution in [0.2, 0.25) is 0 Å². The van der Waals surface area contributed by atoms with Crippen LogP contribution in [0.5, 0.6) is 5.75 Å². The van der Waals surface area contributed by atoms with E-state index in [0.29, 0.717) is 39.3 Å². The quantitative estimate of drug-likeness (QED) is 0.165. The zero-order valence-corrected chi connectivity index (χ0v) is 23.0. The molecule has 4 rings (SSSR count). The van der Waals surface area contributed by atoms with Crippen LogP contribution in [0.25, 0.3) is 11.3 Å². The molecular formula is C29H28N2O8S. The van der Waals surface area contributed by atoms with Crippen LogP contribution in [0.15, 0.2) is 83.7 Å². The summed E-state index contributed by atoms with van der Waals surface area (Å²) in [7, 11) is -0.383.